The fourth-order valence-corrected chi connectivity index (χ4v) is 3.49. The lowest BCUT2D eigenvalue weighted by Crippen LogP contribution is -2.09. The van der Waals surface area contributed by atoms with Crippen LogP contribution in [0.3, 0.4) is 0 Å². The van der Waals surface area contributed by atoms with Gasteiger partial charge in [-0.25, -0.2) is 23.1 Å². The number of rotatable bonds is 3. The molecule has 11 heteroatoms. The first-order valence-electron chi connectivity index (χ1n) is 9.45. The standard InChI is InChI=1S/C22H11F6N5/c23-10-5-6-15(22(26,27)28)13(7-10)20-29-17-4-2-1-3-12(17)19(30-20)31-21-14-8-11(24)9-16(25)18(14)32-33-21/h1-9H,(H2,29,30,31,32,33). The van der Waals surface area contributed by atoms with E-state index in [2.05, 4.69) is 25.5 Å². The number of anilines is 2. The highest BCUT2D eigenvalue weighted by molar-refractivity contribution is 5.97. The highest BCUT2D eigenvalue weighted by Gasteiger charge is 2.35. The number of nitrogens with zero attached hydrogens (tertiary/aromatic N) is 3. The lowest BCUT2D eigenvalue weighted by molar-refractivity contribution is -0.137. The number of benzene rings is 3. The summed E-state index contributed by atoms with van der Waals surface area (Å²) in [5, 5.41) is 9.64. The van der Waals surface area contributed by atoms with E-state index < -0.39 is 34.8 Å². The molecule has 0 radical (unpaired) electrons. The van der Waals surface area contributed by atoms with Crippen molar-refractivity contribution in [2.24, 2.45) is 0 Å². The molecule has 5 rings (SSSR count). The van der Waals surface area contributed by atoms with Crippen molar-refractivity contribution in [1.29, 1.82) is 0 Å². The third-order valence-corrected chi connectivity index (χ3v) is 4.96. The van der Waals surface area contributed by atoms with Crippen molar-refractivity contribution in [2.45, 2.75) is 6.18 Å². The van der Waals surface area contributed by atoms with E-state index in [1.165, 1.54) is 0 Å². The van der Waals surface area contributed by atoms with E-state index in [-0.39, 0.29) is 33.9 Å². The lowest BCUT2D eigenvalue weighted by Gasteiger charge is -2.14. The maximum atomic E-state index is 14.0. The second-order valence-corrected chi connectivity index (χ2v) is 7.11. The molecular formula is C22H11F6N5. The molecule has 0 saturated carbocycles. The van der Waals surface area contributed by atoms with Crippen LogP contribution in [-0.4, -0.2) is 20.2 Å². The third kappa shape index (κ3) is 3.71. The minimum Gasteiger partial charge on any atom is -0.322 e. The number of alkyl halides is 3. The minimum absolute atomic E-state index is 0.00603. The number of fused-ring (bicyclic) bond motifs is 2. The van der Waals surface area contributed by atoms with Crippen LogP contribution < -0.4 is 5.32 Å². The number of para-hydroxylation sites is 1. The Balaban J connectivity index is 1.72. The number of aromatic amines is 1. The van der Waals surface area contributed by atoms with Crippen molar-refractivity contribution < 1.29 is 26.3 Å². The zero-order valence-electron chi connectivity index (χ0n) is 16.3. The largest absolute Gasteiger partial charge is 0.417 e. The second-order valence-electron chi connectivity index (χ2n) is 7.11. The summed E-state index contributed by atoms with van der Waals surface area (Å²) in [5.41, 5.74) is -1.47. The van der Waals surface area contributed by atoms with Crippen molar-refractivity contribution in [2.75, 3.05) is 5.32 Å². The summed E-state index contributed by atoms with van der Waals surface area (Å²) in [5.74, 6) is -2.98. The van der Waals surface area contributed by atoms with Crippen LogP contribution in [0.5, 0.6) is 0 Å². The summed E-state index contributed by atoms with van der Waals surface area (Å²) >= 11 is 0. The smallest absolute Gasteiger partial charge is 0.322 e. The van der Waals surface area contributed by atoms with E-state index in [1.54, 1.807) is 24.3 Å². The summed E-state index contributed by atoms with van der Waals surface area (Å²) in [6.45, 7) is 0. The van der Waals surface area contributed by atoms with Gasteiger partial charge in [0.2, 0.25) is 0 Å². The molecule has 0 aliphatic heterocycles. The number of hydrogen-bond acceptors (Lipinski definition) is 4. The lowest BCUT2D eigenvalue weighted by atomic mass is 10.1. The molecule has 33 heavy (non-hydrogen) atoms. The van der Waals surface area contributed by atoms with Gasteiger partial charge in [-0.05, 0) is 36.4 Å². The topological polar surface area (TPSA) is 66.5 Å². The summed E-state index contributed by atoms with van der Waals surface area (Å²) in [7, 11) is 0. The zero-order chi connectivity index (χ0) is 23.3. The highest BCUT2D eigenvalue weighted by Crippen LogP contribution is 2.38. The summed E-state index contributed by atoms with van der Waals surface area (Å²) in [6, 6.07) is 10.2. The Kier molecular flexibility index (Phi) is 4.69. The zero-order valence-corrected chi connectivity index (χ0v) is 16.3. The summed E-state index contributed by atoms with van der Waals surface area (Å²) in [4.78, 5) is 8.36. The van der Waals surface area contributed by atoms with Crippen LogP contribution in [0.4, 0.5) is 38.0 Å². The molecule has 0 unspecified atom stereocenters. The maximum Gasteiger partial charge on any atom is 0.417 e. The molecule has 0 aliphatic rings. The van der Waals surface area contributed by atoms with Gasteiger partial charge in [0, 0.05) is 17.0 Å². The fourth-order valence-electron chi connectivity index (χ4n) is 3.49. The maximum absolute atomic E-state index is 14.0. The van der Waals surface area contributed by atoms with Crippen LogP contribution in [0.1, 0.15) is 5.56 Å². The van der Waals surface area contributed by atoms with E-state index in [4.69, 9.17) is 0 Å². The molecule has 2 N–H and O–H groups in total. The van der Waals surface area contributed by atoms with Gasteiger partial charge < -0.3 is 5.32 Å². The Labute approximate surface area is 181 Å². The molecule has 2 heterocycles. The molecule has 0 fully saturated rings. The minimum atomic E-state index is -4.78. The van der Waals surface area contributed by atoms with Crippen molar-refractivity contribution in [1.82, 2.24) is 20.2 Å². The van der Waals surface area contributed by atoms with Gasteiger partial charge in [-0.15, -0.1) is 0 Å². The first-order chi connectivity index (χ1) is 15.7. The van der Waals surface area contributed by atoms with Gasteiger partial charge in [-0.2, -0.15) is 18.3 Å². The second kappa shape index (κ2) is 7.47. The molecule has 166 valence electrons. The van der Waals surface area contributed by atoms with Gasteiger partial charge in [-0.3, -0.25) is 5.10 Å². The molecule has 0 spiro atoms. The molecule has 5 aromatic rings. The third-order valence-electron chi connectivity index (χ3n) is 4.96. The number of nitrogens with one attached hydrogen (secondary N) is 2. The van der Waals surface area contributed by atoms with Crippen molar-refractivity contribution in [3.63, 3.8) is 0 Å². The monoisotopic (exact) mass is 459 g/mol. The van der Waals surface area contributed by atoms with Crippen molar-refractivity contribution in [3.05, 3.63) is 77.6 Å². The average molecular weight is 459 g/mol. The molecule has 2 aromatic heterocycles. The molecule has 0 aliphatic carbocycles. The molecule has 0 atom stereocenters. The van der Waals surface area contributed by atoms with Crippen LogP contribution in [-0.2, 0) is 6.18 Å². The molecule has 0 saturated heterocycles. The first-order valence-corrected chi connectivity index (χ1v) is 9.45. The normalized spacial score (nSPS) is 11.9. The van der Waals surface area contributed by atoms with E-state index in [1.807, 2.05) is 0 Å². The highest BCUT2D eigenvalue weighted by atomic mass is 19.4. The van der Waals surface area contributed by atoms with Gasteiger partial charge in [0.05, 0.1) is 16.5 Å². The molecule has 0 amide bonds. The van der Waals surface area contributed by atoms with Gasteiger partial charge in [-0.1, -0.05) is 12.1 Å². The Bertz CT molecular complexity index is 1530. The SMILES string of the molecule is Fc1ccc(C(F)(F)F)c(-c2nc(Nc3n[nH]c4c(F)cc(F)cc34)c3ccccc3n2)c1. The quantitative estimate of drug-likeness (QED) is 0.309. The van der Waals surface area contributed by atoms with Crippen LogP contribution in [0.25, 0.3) is 33.2 Å². The Hall–Kier alpha value is -4.15. The molecule has 0 bridgehead atoms. The number of aromatic nitrogens is 4. The van der Waals surface area contributed by atoms with Gasteiger partial charge in [0.15, 0.2) is 17.5 Å². The fraction of sp³-hybridized carbons (Fsp3) is 0.0455. The predicted octanol–water partition coefficient (Wildman–Crippen LogP) is 6.35. The van der Waals surface area contributed by atoms with E-state index >= 15 is 0 Å². The summed E-state index contributed by atoms with van der Waals surface area (Å²) < 4.78 is 82.3. The average Bonchev–Trinajstić information content (AvgIpc) is 3.15. The van der Waals surface area contributed by atoms with Crippen LogP contribution in [0, 0.1) is 17.5 Å². The number of hydrogen-bond donors (Lipinski definition) is 2. The van der Waals surface area contributed by atoms with E-state index in [9.17, 15) is 26.3 Å². The number of halogens is 6. The van der Waals surface area contributed by atoms with E-state index in [0.717, 1.165) is 6.07 Å². The first kappa shape index (κ1) is 20.7. The van der Waals surface area contributed by atoms with Crippen LogP contribution >= 0.6 is 0 Å². The molecular weight excluding hydrogens is 448 g/mol. The Morgan fingerprint density at radius 2 is 1.58 bits per heavy atom. The van der Waals surface area contributed by atoms with E-state index in [0.29, 0.717) is 29.7 Å². The molecule has 3 aromatic carbocycles. The van der Waals surface area contributed by atoms with Crippen LogP contribution in [0.2, 0.25) is 0 Å². The Morgan fingerprint density at radius 3 is 2.36 bits per heavy atom. The van der Waals surface area contributed by atoms with Crippen LogP contribution in [0.15, 0.2) is 54.6 Å². The number of H-pyrrole nitrogens is 1. The predicted molar refractivity (Wildman–Crippen MR) is 109 cm³/mol. The van der Waals surface area contributed by atoms with Gasteiger partial charge in [0.25, 0.3) is 0 Å². The van der Waals surface area contributed by atoms with Gasteiger partial charge >= 0.3 is 6.18 Å². The Morgan fingerprint density at radius 1 is 0.788 bits per heavy atom. The summed E-state index contributed by atoms with van der Waals surface area (Å²) in [6.07, 6.45) is -4.78. The van der Waals surface area contributed by atoms with Crippen molar-refractivity contribution in [3.8, 4) is 11.4 Å². The molecule has 5 nitrogen and oxygen atoms in total. The van der Waals surface area contributed by atoms with Gasteiger partial charge in [0.1, 0.15) is 23.0 Å². The van der Waals surface area contributed by atoms with Crippen molar-refractivity contribution >= 4 is 33.4 Å².